The highest BCUT2D eigenvalue weighted by molar-refractivity contribution is 7.14. The number of benzene rings is 2. The smallest absolute Gasteiger partial charge is 0.301 e. The average Bonchev–Trinajstić information content (AvgIpc) is 3.41. The Morgan fingerprint density at radius 2 is 2.00 bits per heavy atom. The highest BCUT2D eigenvalue weighted by atomic mass is 32.1. The van der Waals surface area contributed by atoms with Gasteiger partial charge in [-0.25, -0.2) is 4.98 Å². The molecule has 2 aromatic carbocycles. The minimum absolute atomic E-state index is 0.171. The fourth-order valence-corrected chi connectivity index (χ4v) is 4.19. The van der Waals surface area contributed by atoms with Gasteiger partial charge in [-0.1, -0.05) is 12.1 Å². The van der Waals surface area contributed by atoms with Gasteiger partial charge in [-0.05, 0) is 36.8 Å². The van der Waals surface area contributed by atoms with E-state index in [1.54, 1.807) is 35.7 Å². The second kappa shape index (κ2) is 8.60. The van der Waals surface area contributed by atoms with Gasteiger partial charge in [-0.15, -0.1) is 11.3 Å². The van der Waals surface area contributed by atoms with Crippen molar-refractivity contribution in [3.63, 3.8) is 0 Å². The van der Waals surface area contributed by atoms with Crippen molar-refractivity contribution >= 4 is 39.6 Å². The van der Waals surface area contributed by atoms with Crippen molar-refractivity contribution in [3.8, 4) is 5.75 Å². The molecule has 1 atom stereocenters. The van der Waals surface area contributed by atoms with Crippen LogP contribution in [0.5, 0.6) is 5.75 Å². The summed E-state index contributed by atoms with van der Waals surface area (Å²) in [6.45, 7) is 2.31. The van der Waals surface area contributed by atoms with Crippen LogP contribution in [0.2, 0.25) is 0 Å². The number of carbonyl (C=O) groups excluding carboxylic acids is 2. The van der Waals surface area contributed by atoms with Crippen molar-refractivity contribution in [1.29, 1.82) is 0 Å². The van der Waals surface area contributed by atoms with Crippen LogP contribution in [0.1, 0.15) is 24.1 Å². The molecule has 9 nitrogen and oxygen atoms in total. The molecule has 2 heterocycles. The lowest BCUT2D eigenvalue weighted by molar-refractivity contribution is -0.384. The zero-order chi connectivity index (χ0) is 22.8. The zero-order valence-electron chi connectivity index (χ0n) is 16.8. The molecule has 1 fully saturated rings. The van der Waals surface area contributed by atoms with Crippen LogP contribution in [0.3, 0.4) is 0 Å². The van der Waals surface area contributed by atoms with Crippen molar-refractivity contribution in [2.75, 3.05) is 11.5 Å². The van der Waals surface area contributed by atoms with E-state index in [1.165, 1.54) is 24.4 Å². The number of nitro benzene ring substituents is 1. The molecule has 4 rings (SSSR count). The number of rotatable bonds is 6. The van der Waals surface area contributed by atoms with Crippen LogP contribution in [-0.4, -0.2) is 33.3 Å². The molecule has 0 saturated carbocycles. The van der Waals surface area contributed by atoms with Gasteiger partial charge in [0.1, 0.15) is 11.5 Å². The first-order valence-electron chi connectivity index (χ1n) is 9.60. The predicted molar refractivity (Wildman–Crippen MR) is 118 cm³/mol. The molecule has 0 unspecified atom stereocenters. The number of non-ortho nitro benzene ring substituents is 1. The molecule has 0 aliphatic carbocycles. The van der Waals surface area contributed by atoms with Gasteiger partial charge in [-0.3, -0.25) is 24.6 Å². The third kappa shape index (κ3) is 3.71. The van der Waals surface area contributed by atoms with Crippen LogP contribution in [-0.2, 0) is 9.59 Å². The number of carbonyl (C=O) groups is 2. The van der Waals surface area contributed by atoms with Crippen LogP contribution in [0.4, 0.5) is 10.8 Å². The first-order chi connectivity index (χ1) is 15.4. The van der Waals surface area contributed by atoms with E-state index in [1.807, 2.05) is 6.92 Å². The number of aliphatic hydroxyl groups is 1. The molecule has 3 aromatic rings. The van der Waals surface area contributed by atoms with E-state index >= 15 is 0 Å². The maximum atomic E-state index is 13.0. The number of Topliss-reactive ketones (excluding diaryl/α,β-unsaturated/α-hetero) is 1. The average molecular weight is 451 g/mol. The summed E-state index contributed by atoms with van der Waals surface area (Å²) in [6, 6.07) is 11.0. The van der Waals surface area contributed by atoms with Crippen molar-refractivity contribution in [1.82, 2.24) is 4.98 Å². The monoisotopic (exact) mass is 451 g/mol. The molecule has 1 aromatic heterocycles. The lowest BCUT2D eigenvalue weighted by Crippen LogP contribution is -2.29. The molecule has 1 amide bonds. The molecule has 0 bridgehead atoms. The lowest BCUT2D eigenvalue weighted by Gasteiger charge is -2.22. The Morgan fingerprint density at radius 3 is 2.62 bits per heavy atom. The first kappa shape index (κ1) is 21.2. The summed E-state index contributed by atoms with van der Waals surface area (Å²) in [6.07, 6.45) is 1.48. The highest BCUT2D eigenvalue weighted by Gasteiger charge is 2.48. The molecule has 1 N–H and O–H groups in total. The van der Waals surface area contributed by atoms with Crippen LogP contribution < -0.4 is 9.64 Å². The third-order valence-electron chi connectivity index (χ3n) is 4.91. The summed E-state index contributed by atoms with van der Waals surface area (Å²) in [4.78, 5) is 42.0. The van der Waals surface area contributed by atoms with Crippen molar-refractivity contribution < 1.29 is 24.4 Å². The van der Waals surface area contributed by atoms with Crippen molar-refractivity contribution in [2.24, 2.45) is 0 Å². The molecule has 1 saturated heterocycles. The van der Waals surface area contributed by atoms with Crippen molar-refractivity contribution in [2.45, 2.75) is 13.0 Å². The third-order valence-corrected chi connectivity index (χ3v) is 5.68. The summed E-state index contributed by atoms with van der Waals surface area (Å²) in [5.41, 5.74) is 0.241. The van der Waals surface area contributed by atoms with E-state index in [-0.39, 0.29) is 22.2 Å². The number of aliphatic hydroxyl groups excluding tert-OH is 1. The van der Waals surface area contributed by atoms with E-state index in [0.717, 1.165) is 16.2 Å². The van der Waals surface area contributed by atoms with E-state index in [9.17, 15) is 24.8 Å². The minimum Gasteiger partial charge on any atom is -0.507 e. The number of amides is 1. The van der Waals surface area contributed by atoms with Gasteiger partial charge in [-0.2, -0.15) is 0 Å². The summed E-state index contributed by atoms with van der Waals surface area (Å²) < 4.78 is 5.40. The summed E-state index contributed by atoms with van der Waals surface area (Å²) in [7, 11) is 0. The van der Waals surface area contributed by atoms with Gasteiger partial charge in [0.2, 0.25) is 0 Å². The number of hydrogen-bond donors (Lipinski definition) is 1. The fourth-order valence-electron chi connectivity index (χ4n) is 3.52. The molecule has 1 aliphatic heterocycles. The van der Waals surface area contributed by atoms with Gasteiger partial charge in [0, 0.05) is 29.3 Å². The number of nitro groups is 1. The van der Waals surface area contributed by atoms with Gasteiger partial charge in [0.25, 0.3) is 11.5 Å². The van der Waals surface area contributed by atoms with E-state index in [4.69, 9.17) is 4.74 Å². The van der Waals surface area contributed by atoms with E-state index < -0.39 is 22.7 Å². The predicted octanol–water partition coefficient (Wildman–Crippen LogP) is 4.08. The Labute approximate surface area is 186 Å². The first-order valence-corrected chi connectivity index (χ1v) is 10.5. The summed E-state index contributed by atoms with van der Waals surface area (Å²) in [5, 5.41) is 24.2. The minimum atomic E-state index is -1.08. The van der Waals surface area contributed by atoms with Crippen LogP contribution in [0, 0.1) is 10.1 Å². The zero-order valence-corrected chi connectivity index (χ0v) is 17.6. The molecule has 1 aliphatic rings. The lowest BCUT2D eigenvalue weighted by atomic mass is 9.95. The maximum absolute atomic E-state index is 13.0. The summed E-state index contributed by atoms with van der Waals surface area (Å²) in [5.74, 6) is -1.57. The number of anilines is 1. The number of ketones is 1. The number of ether oxygens (including phenoxy) is 1. The van der Waals surface area contributed by atoms with Crippen LogP contribution in [0.25, 0.3) is 5.76 Å². The largest absolute Gasteiger partial charge is 0.507 e. The normalized spacial score (nSPS) is 17.5. The van der Waals surface area contributed by atoms with Gasteiger partial charge in [0.15, 0.2) is 5.13 Å². The molecule has 32 heavy (non-hydrogen) atoms. The molecule has 162 valence electrons. The molecule has 0 spiro atoms. The number of hydrogen-bond acceptors (Lipinski definition) is 8. The van der Waals surface area contributed by atoms with Crippen LogP contribution in [0.15, 0.2) is 65.7 Å². The molecular weight excluding hydrogens is 434 g/mol. The maximum Gasteiger partial charge on any atom is 0.301 e. The summed E-state index contributed by atoms with van der Waals surface area (Å²) >= 11 is 1.14. The molecule has 0 radical (unpaired) electrons. The van der Waals surface area contributed by atoms with E-state index in [0.29, 0.717) is 23.5 Å². The highest BCUT2D eigenvalue weighted by Crippen LogP contribution is 2.43. The quantitative estimate of drug-likeness (QED) is 0.197. The Balaban J connectivity index is 1.90. The Kier molecular flexibility index (Phi) is 5.69. The Bertz CT molecular complexity index is 1220. The molecular formula is C22H17N3O6S. The second-order valence-corrected chi connectivity index (χ2v) is 7.67. The Morgan fingerprint density at radius 1 is 1.25 bits per heavy atom. The number of nitrogens with zero attached hydrogens (tertiary/aromatic N) is 3. The van der Waals surface area contributed by atoms with Crippen LogP contribution >= 0.6 is 11.3 Å². The number of aromatic nitrogens is 1. The second-order valence-electron chi connectivity index (χ2n) is 6.79. The van der Waals surface area contributed by atoms with Gasteiger partial charge >= 0.3 is 5.91 Å². The van der Waals surface area contributed by atoms with Crippen molar-refractivity contribution in [3.05, 3.63) is 86.9 Å². The topological polar surface area (TPSA) is 123 Å². The van der Waals surface area contributed by atoms with E-state index in [2.05, 4.69) is 4.98 Å². The fraction of sp³-hybridized carbons (Fsp3) is 0.136. The number of thiazole rings is 1. The SMILES string of the molecule is CCOc1ccc(/C(O)=C2\C(=O)C(=O)N(c3nccs3)[C@@H]2c2cccc([N+](=O)[O-])c2)cc1. The molecule has 10 heteroatoms. The standard InChI is InChI=1S/C22H17N3O6S/c1-2-31-16-8-6-13(7-9-16)19(26)17-18(14-4-3-5-15(12-14)25(29)30)24(21(28)20(17)27)22-23-10-11-32-22/h3-12,18,26H,2H2,1H3/b19-17+/t18-/m1/s1. The van der Waals surface area contributed by atoms with Gasteiger partial charge < -0.3 is 9.84 Å². The van der Waals surface area contributed by atoms with Gasteiger partial charge in [0.05, 0.1) is 23.1 Å². The Hall–Kier alpha value is -4.05.